The first-order chi connectivity index (χ1) is 21.5. The first-order valence-electron chi connectivity index (χ1n) is 14.2. The number of allylic oxidation sites excluding steroid dienone is 7. The van der Waals surface area contributed by atoms with Crippen molar-refractivity contribution >= 4 is 27.3 Å². The normalized spacial score (nSPS) is 19.9. The van der Waals surface area contributed by atoms with Crippen LogP contribution in [0.25, 0.3) is 11.2 Å². The highest BCUT2D eigenvalue weighted by Gasteiger charge is 2.33. The van der Waals surface area contributed by atoms with Crippen LogP contribution in [-0.4, -0.2) is 80.3 Å². The summed E-state index contributed by atoms with van der Waals surface area (Å²) in [4.78, 5) is 18.5. The number of urea groups is 1. The van der Waals surface area contributed by atoms with E-state index in [2.05, 4.69) is 37.1 Å². The van der Waals surface area contributed by atoms with Gasteiger partial charge in [-0.2, -0.15) is 27.7 Å². The molecule has 0 radical (unpaired) electrons. The van der Waals surface area contributed by atoms with Crippen molar-refractivity contribution in [1.29, 1.82) is 0 Å². The number of amides is 2. The number of carbonyl (C=O) groups excluding carboxylic acids is 1. The van der Waals surface area contributed by atoms with Crippen molar-refractivity contribution in [1.82, 2.24) is 44.6 Å². The maximum atomic E-state index is 12.9. The molecule has 1 aliphatic carbocycles. The summed E-state index contributed by atoms with van der Waals surface area (Å²) in [6.07, 6.45) is 13.1. The van der Waals surface area contributed by atoms with E-state index in [0.717, 1.165) is 22.5 Å². The summed E-state index contributed by atoms with van der Waals surface area (Å²) in [7, 11) is -3.62. The zero-order valence-corrected chi connectivity index (χ0v) is 24.7. The molecule has 1 atom stereocenters. The fourth-order valence-corrected chi connectivity index (χ4v) is 6.97. The molecule has 2 amide bonds. The summed E-state index contributed by atoms with van der Waals surface area (Å²) < 4.78 is 66.2. The van der Waals surface area contributed by atoms with Gasteiger partial charge in [-0.15, -0.1) is 0 Å². The van der Waals surface area contributed by atoms with E-state index in [9.17, 15) is 26.4 Å². The number of hydrogen-bond donors (Lipinski definition) is 3. The molecule has 3 aliphatic rings. The topological polar surface area (TPSA) is 141 Å². The predicted molar refractivity (Wildman–Crippen MR) is 159 cm³/mol. The van der Waals surface area contributed by atoms with Crippen LogP contribution in [0.15, 0.2) is 90.3 Å². The molecular formula is C29H30F3N9O3S. The molecule has 5 heterocycles. The van der Waals surface area contributed by atoms with E-state index in [1.54, 1.807) is 29.1 Å². The first kappa shape index (κ1) is 30.3. The Balaban J connectivity index is 1.12. The molecule has 12 nitrogen and oxygen atoms in total. The van der Waals surface area contributed by atoms with Crippen LogP contribution < -0.4 is 10.6 Å². The van der Waals surface area contributed by atoms with Gasteiger partial charge < -0.3 is 15.5 Å². The molecule has 45 heavy (non-hydrogen) atoms. The van der Waals surface area contributed by atoms with E-state index in [0.29, 0.717) is 43.7 Å². The number of fused-ring (bicyclic) bond motifs is 1. The van der Waals surface area contributed by atoms with Crippen LogP contribution in [0, 0.1) is 0 Å². The second-order valence-electron chi connectivity index (χ2n) is 10.9. The van der Waals surface area contributed by atoms with E-state index < -0.39 is 28.8 Å². The highest BCUT2D eigenvalue weighted by atomic mass is 32.2. The molecule has 0 spiro atoms. The number of imidazole rings is 1. The number of halogens is 3. The molecule has 1 saturated heterocycles. The minimum atomic E-state index is -4.50. The summed E-state index contributed by atoms with van der Waals surface area (Å²) in [6, 6.07) is 2.49. The van der Waals surface area contributed by atoms with Gasteiger partial charge in [0, 0.05) is 48.2 Å². The van der Waals surface area contributed by atoms with E-state index in [-0.39, 0.29) is 17.0 Å². The second kappa shape index (κ2) is 12.0. The predicted octanol–water partition coefficient (Wildman–Crippen LogP) is 3.82. The van der Waals surface area contributed by atoms with Crippen LogP contribution in [0.3, 0.4) is 0 Å². The van der Waals surface area contributed by atoms with Crippen LogP contribution in [0.1, 0.15) is 36.4 Å². The van der Waals surface area contributed by atoms with Crippen LogP contribution in [-0.2, 0) is 10.0 Å². The Bertz CT molecular complexity index is 1830. The van der Waals surface area contributed by atoms with E-state index in [1.165, 1.54) is 16.6 Å². The van der Waals surface area contributed by atoms with Gasteiger partial charge in [-0.05, 0) is 49.1 Å². The lowest BCUT2D eigenvalue weighted by molar-refractivity contribution is -0.122. The maximum Gasteiger partial charge on any atom is 0.405 e. The Labute approximate surface area is 256 Å². The largest absolute Gasteiger partial charge is 0.405 e. The zero-order valence-electron chi connectivity index (χ0n) is 23.9. The molecule has 1 fully saturated rings. The smallest absolute Gasteiger partial charge is 0.345 e. The molecule has 1 unspecified atom stereocenters. The summed E-state index contributed by atoms with van der Waals surface area (Å²) in [5, 5.41) is 15.3. The number of sulfonamides is 1. The number of aromatic nitrogens is 5. The zero-order chi connectivity index (χ0) is 31.8. The monoisotopic (exact) mass is 641 g/mol. The molecular weight excluding hydrogens is 611 g/mol. The highest BCUT2D eigenvalue weighted by molar-refractivity contribution is 7.89. The first-order valence-corrected chi connectivity index (χ1v) is 15.6. The molecule has 3 aromatic rings. The van der Waals surface area contributed by atoms with Crippen molar-refractivity contribution in [3.63, 3.8) is 0 Å². The molecule has 0 saturated carbocycles. The fourth-order valence-electron chi connectivity index (χ4n) is 5.60. The number of hydrogen-bond acceptors (Lipinski definition) is 7. The molecule has 3 aromatic heterocycles. The lowest BCUT2D eigenvalue weighted by Gasteiger charge is -2.39. The van der Waals surface area contributed by atoms with Gasteiger partial charge in [0.25, 0.3) is 10.0 Å². The van der Waals surface area contributed by atoms with Gasteiger partial charge in [-0.25, -0.2) is 22.7 Å². The molecule has 0 aromatic carbocycles. The SMILES string of the molecule is C=C1C=CC(c2cnn3c(C4C=CC=C(NC(=O)NCC(F)(F)F)C4)cnc3c2)=CN1C1CCN(S(=O)(=O)c2ccn[nH]2)CC1. The molecule has 0 bridgehead atoms. The van der Waals surface area contributed by atoms with Crippen LogP contribution in [0.5, 0.6) is 0 Å². The van der Waals surface area contributed by atoms with Gasteiger partial charge in [-0.3, -0.25) is 5.10 Å². The molecule has 3 N–H and O–H groups in total. The van der Waals surface area contributed by atoms with Gasteiger partial charge in [0.2, 0.25) is 0 Å². The summed E-state index contributed by atoms with van der Waals surface area (Å²) in [6.45, 7) is 3.50. The number of aromatic amines is 1. The van der Waals surface area contributed by atoms with Gasteiger partial charge in [-0.1, -0.05) is 24.8 Å². The summed E-state index contributed by atoms with van der Waals surface area (Å²) in [5.74, 6) is -0.211. The summed E-state index contributed by atoms with van der Waals surface area (Å²) in [5.41, 5.74) is 4.36. The number of rotatable bonds is 7. The number of piperidine rings is 1. The van der Waals surface area contributed by atoms with Gasteiger partial charge >= 0.3 is 12.2 Å². The van der Waals surface area contributed by atoms with E-state index in [4.69, 9.17) is 0 Å². The second-order valence-corrected chi connectivity index (χ2v) is 12.8. The number of nitrogens with zero attached hydrogens (tertiary/aromatic N) is 6. The van der Waals surface area contributed by atoms with Crippen molar-refractivity contribution in [2.45, 2.75) is 42.4 Å². The molecule has 2 aliphatic heterocycles. The van der Waals surface area contributed by atoms with Crippen molar-refractivity contribution in [2.24, 2.45) is 0 Å². The van der Waals surface area contributed by atoms with Crippen molar-refractivity contribution in [2.75, 3.05) is 19.6 Å². The lowest BCUT2D eigenvalue weighted by Crippen LogP contribution is -2.45. The van der Waals surface area contributed by atoms with Crippen LogP contribution in [0.2, 0.25) is 0 Å². The third-order valence-corrected chi connectivity index (χ3v) is 9.71. The van der Waals surface area contributed by atoms with Crippen molar-refractivity contribution in [3.8, 4) is 0 Å². The number of carbonyl (C=O) groups is 1. The Morgan fingerprint density at radius 1 is 1.18 bits per heavy atom. The maximum absolute atomic E-state index is 12.9. The van der Waals surface area contributed by atoms with Crippen LogP contribution >= 0.6 is 0 Å². The number of alkyl halides is 3. The quantitative estimate of drug-likeness (QED) is 0.356. The van der Waals surface area contributed by atoms with Crippen molar-refractivity contribution < 1.29 is 26.4 Å². The van der Waals surface area contributed by atoms with E-state index >= 15 is 0 Å². The average Bonchev–Trinajstić information content (AvgIpc) is 3.71. The third-order valence-electron chi connectivity index (χ3n) is 7.88. The molecule has 6 rings (SSSR count). The minimum absolute atomic E-state index is 0.0601. The number of H-pyrrole nitrogens is 1. The van der Waals surface area contributed by atoms with Crippen molar-refractivity contribution in [3.05, 3.63) is 96.5 Å². The van der Waals surface area contributed by atoms with Gasteiger partial charge in [0.1, 0.15) is 6.54 Å². The van der Waals surface area contributed by atoms with Gasteiger partial charge in [0.15, 0.2) is 10.7 Å². The van der Waals surface area contributed by atoms with Crippen LogP contribution in [0.4, 0.5) is 18.0 Å². The molecule has 236 valence electrons. The Morgan fingerprint density at radius 2 is 1.98 bits per heavy atom. The summed E-state index contributed by atoms with van der Waals surface area (Å²) >= 11 is 0. The fraction of sp³-hybridized carbons (Fsp3) is 0.310. The number of nitrogens with one attached hydrogen (secondary N) is 3. The lowest BCUT2D eigenvalue weighted by atomic mass is 9.95. The Kier molecular flexibility index (Phi) is 8.09. The van der Waals surface area contributed by atoms with Gasteiger partial charge in [0.05, 0.1) is 24.3 Å². The Morgan fingerprint density at radius 3 is 2.71 bits per heavy atom. The minimum Gasteiger partial charge on any atom is -0.345 e. The standard InChI is InChI=1S/C29H30F3N9O3S/c1-19-5-6-21(17-40(19)24-8-11-39(12-9-24)45(43,44)27-7-10-35-38-27)22-14-26-33-16-25(41(26)36-15-22)20-3-2-4-23(13-20)37-28(42)34-18-29(30,31)32/h2-7,10,14-17,20,24H,1,8-9,11-13,18H2,(H,35,38)(H2,34,37,42). The highest BCUT2D eigenvalue weighted by Crippen LogP contribution is 2.32. The van der Waals surface area contributed by atoms with E-state index in [1.807, 2.05) is 35.8 Å². The molecule has 16 heteroatoms. The Hall–Kier alpha value is -4.70. The average molecular weight is 642 g/mol. The third kappa shape index (κ3) is 6.56.